The number of aromatic nitrogens is 3. The Morgan fingerprint density at radius 1 is 0.409 bits per heavy atom. The average molecular weight is 566 g/mol. The largest absolute Gasteiger partial charge is 0.424 e. The molecule has 1 aliphatic rings. The van der Waals surface area contributed by atoms with E-state index in [0.29, 0.717) is 17.4 Å². The molecule has 8 rings (SSSR count). The average Bonchev–Trinajstić information content (AvgIpc) is 3.40. The summed E-state index contributed by atoms with van der Waals surface area (Å²) < 4.78 is 6.16. The van der Waals surface area contributed by atoms with E-state index in [1.807, 2.05) is 60.7 Å². The Labute approximate surface area is 256 Å². The topological polar surface area (TPSA) is 47.9 Å². The van der Waals surface area contributed by atoms with Crippen molar-refractivity contribution in [1.29, 1.82) is 0 Å². The number of ether oxygens (including phenoxy) is 1. The fourth-order valence-corrected chi connectivity index (χ4v) is 6.43. The first kappa shape index (κ1) is 25.8. The van der Waals surface area contributed by atoms with Gasteiger partial charge in [0, 0.05) is 11.1 Å². The molecule has 0 amide bonds. The lowest BCUT2D eigenvalue weighted by molar-refractivity contribution is 0.441. The Balaban J connectivity index is 1.37. The van der Waals surface area contributed by atoms with Crippen molar-refractivity contribution in [3.8, 4) is 45.7 Å². The van der Waals surface area contributed by atoms with Crippen LogP contribution in [-0.4, -0.2) is 15.0 Å². The Morgan fingerprint density at radius 2 is 0.932 bits per heavy atom. The zero-order chi connectivity index (χ0) is 29.3. The Kier molecular flexibility index (Phi) is 6.31. The van der Waals surface area contributed by atoms with Crippen LogP contribution in [0.3, 0.4) is 0 Å². The highest BCUT2D eigenvalue weighted by Gasteiger charge is 2.46. The highest BCUT2D eigenvalue weighted by molar-refractivity contribution is 5.88. The predicted molar refractivity (Wildman–Crippen MR) is 175 cm³/mol. The van der Waals surface area contributed by atoms with Crippen LogP contribution in [0.4, 0.5) is 0 Å². The van der Waals surface area contributed by atoms with E-state index < -0.39 is 5.41 Å². The molecule has 1 aromatic heterocycles. The molecule has 1 aliphatic carbocycles. The quantitative estimate of drug-likeness (QED) is 0.202. The van der Waals surface area contributed by atoms with Crippen LogP contribution in [0.1, 0.15) is 22.3 Å². The van der Waals surface area contributed by atoms with Gasteiger partial charge in [-0.3, -0.25) is 0 Å². The molecule has 0 bridgehead atoms. The molecule has 4 heteroatoms. The molecule has 0 aliphatic heterocycles. The van der Waals surface area contributed by atoms with Gasteiger partial charge in [-0.05, 0) is 51.6 Å². The molecule has 1 heterocycles. The first-order valence-corrected chi connectivity index (χ1v) is 14.7. The van der Waals surface area contributed by atoms with Crippen LogP contribution in [0.15, 0.2) is 164 Å². The van der Waals surface area contributed by atoms with Gasteiger partial charge < -0.3 is 4.74 Å². The van der Waals surface area contributed by atoms with Gasteiger partial charge in [0.2, 0.25) is 0 Å². The molecule has 0 saturated carbocycles. The van der Waals surface area contributed by atoms with Gasteiger partial charge in [0.25, 0.3) is 0 Å². The van der Waals surface area contributed by atoms with Crippen molar-refractivity contribution in [2.24, 2.45) is 0 Å². The highest BCUT2D eigenvalue weighted by Crippen LogP contribution is 2.56. The second-order valence-electron chi connectivity index (χ2n) is 10.8. The van der Waals surface area contributed by atoms with Crippen LogP contribution in [0.2, 0.25) is 0 Å². The lowest BCUT2D eigenvalue weighted by Gasteiger charge is -2.34. The van der Waals surface area contributed by atoms with Gasteiger partial charge in [0.1, 0.15) is 5.75 Å². The van der Waals surface area contributed by atoms with Crippen molar-refractivity contribution in [2.75, 3.05) is 0 Å². The van der Waals surface area contributed by atoms with Crippen molar-refractivity contribution in [2.45, 2.75) is 5.41 Å². The monoisotopic (exact) mass is 565 g/mol. The number of fused-ring (bicyclic) bond motifs is 3. The molecule has 0 radical (unpaired) electrons. The minimum Gasteiger partial charge on any atom is -0.424 e. The van der Waals surface area contributed by atoms with Gasteiger partial charge in [-0.1, -0.05) is 146 Å². The third kappa shape index (κ3) is 4.27. The summed E-state index contributed by atoms with van der Waals surface area (Å²) in [4.78, 5) is 14.5. The van der Waals surface area contributed by atoms with Gasteiger partial charge in [-0.15, -0.1) is 0 Å². The molecule has 44 heavy (non-hydrogen) atoms. The summed E-state index contributed by atoms with van der Waals surface area (Å²) in [6.07, 6.45) is 0. The smallest absolute Gasteiger partial charge is 0.326 e. The number of rotatable bonds is 6. The minimum atomic E-state index is -0.511. The van der Waals surface area contributed by atoms with Crippen molar-refractivity contribution in [3.63, 3.8) is 0 Å². The van der Waals surface area contributed by atoms with Gasteiger partial charge in [-0.2, -0.15) is 9.97 Å². The summed E-state index contributed by atoms with van der Waals surface area (Å²) in [7, 11) is 0. The van der Waals surface area contributed by atoms with Gasteiger partial charge in [-0.25, -0.2) is 4.98 Å². The van der Waals surface area contributed by atoms with E-state index in [-0.39, 0.29) is 6.01 Å². The summed E-state index contributed by atoms with van der Waals surface area (Å²) in [5, 5.41) is 0. The van der Waals surface area contributed by atoms with Gasteiger partial charge in [0.05, 0.1) is 5.41 Å². The second-order valence-corrected chi connectivity index (χ2v) is 10.8. The normalized spacial score (nSPS) is 12.7. The summed E-state index contributed by atoms with van der Waals surface area (Å²) in [5.41, 5.74) is 8.59. The number of nitrogens with zero attached hydrogens (tertiary/aromatic N) is 3. The molecule has 0 unspecified atom stereocenters. The van der Waals surface area contributed by atoms with Crippen molar-refractivity contribution < 1.29 is 4.74 Å². The number of hydrogen-bond acceptors (Lipinski definition) is 4. The van der Waals surface area contributed by atoms with Crippen molar-refractivity contribution >= 4 is 0 Å². The van der Waals surface area contributed by atoms with Crippen LogP contribution in [0.25, 0.3) is 33.9 Å². The van der Waals surface area contributed by atoms with Gasteiger partial charge >= 0.3 is 6.01 Å². The maximum absolute atomic E-state index is 6.16. The number of benzene rings is 6. The third-order valence-corrected chi connectivity index (χ3v) is 8.32. The number of hydrogen-bond donors (Lipinski definition) is 0. The van der Waals surface area contributed by atoms with E-state index in [0.717, 1.165) is 11.1 Å². The molecule has 0 fully saturated rings. The van der Waals surface area contributed by atoms with E-state index in [1.54, 1.807) is 0 Å². The van der Waals surface area contributed by atoms with Crippen LogP contribution in [0, 0.1) is 0 Å². The zero-order valence-corrected chi connectivity index (χ0v) is 23.8. The summed E-state index contributed by atoms with van der Waals surface area (Å²) in [6, 6.07) is 56.7. The third-order valence-electron chi connectivity index (χ3n) is 8.32. The molecule has 0 N–H and O–H groups in total. The Bertz CT molecular complexity index is 2040. The van der Waals surface area contributed by atoms with E-state index in [2.05, 4.69) is 103 Å². The summed E-state index contributed by atoms with van der Waals surface area (Å²) in [5.74, 6) is 1.78. The van der Waals surface area contributed by atoms with Crippen molar-refractivity contribution in [1.82, 2.24) is 15.0 Å². The van der Waals surface area contributed by atoms with Crippen LogP contribution < -0.4 is 4.74 Å². The fourth-order valence-electron chi connectivity index (χ4n) is 6.43. The Morgan fingerprint density at radius 3 is 1.59 bits per heavy atom. The molecular weight excluding hydrogens is 538 g/mol. The minimum absolute atomic E-state index is 0.251. The summed E-state index contributed by atoms with van der Waals surface area (Å²) >= 11 is 0. The van der Waals surface area contributed by atoms with E-state index >= 15 is 0 Å². The maximum atomic E-state index is 6.16. The first-order chi connectivity index (χ1) is 21.8. The van der Waals surface area contributed by atoms with Crippen LogP contribution in [0.5, 0.6) is 11.8 Å². The van der Waals surface area contributed by atoms with Crippen LogP contribution in [-0.2, 0) is 5.41 Å². The molecule has 0 spiro atoms. The van der Waals surface area contributed by atoms with E-state index in [9.17, 15) is 0 Å². The SMILES string of the molecule is c1ccc(Oc2nc(-c3ccccc3)nc(-c3ccc4c(c3)C(c3ccccc3)(c3ccccc3)c3ccccc3-4)n2)cc1. The molecule has 0 atom stereocenters. The standard InChI is InChI=1S/C40H27N3O/c1-5-15-28(16-6-1)37-41-38(43-39(42-37)44-32-21-11-4-12-22-32)29-25-26-34-33-23-13-14-24-35(33)40(36(34)27-29,30-17-7-2-8-18-30)31-19-9-3-10-20-31/h1-27H. The maximum Gasteiger partial charge on any atom is 0.326 e. The molecule has 4 nitrogen and oxygen atoms in total. The zero-order valence-electron chi connectivity index (χ0n) is 23.8. The van der Waals surface area contributed by atoms with Crippen LogP contribution >= 0.6 is 0 Å². The lowest BCUT2D eigenvalue weighted by Crippen LogP contribution is -2.28. The molecule has 7 aromatic rings. The van der Waals surface area contributed by atoms with E-state index in [4.69, 9.17) is 19.7 Å². The van der Waals surface area contributed by atoms with Gasteiger partial charge in [0.15, 0.2) is 11.6 Å². The van der Waals surface area contributed by atoms with E-state index in [1.165, 1.54) is 33.4 Å². The summed E-state index contributed by atoms with van der Waals surface area (Å²) in [6.45, 7) is 0. The number of para-hydroxylation sites is 1. The molecule has 6 aromatic carbocycles. The molecule has 0 saturated heterocycles. The Hall–Kier alpha value is -5.87. The first-order valence-electron chi connectivity index (χ1n) is 14.7. The second kappa shape index (κ2) is 10.8. The molecular formula is C40H27N3O. The predicted octanol–water partition coefficient (Wildman–Crippen LogP) is 9.36. The lowest BCUT2D eigenvalue weighted by atomic mass is 9.67. The highest BCUT2D eigenvalue weighted by atomic mass is 16.5. The fraction of sp³-hybridized carbons (Fsp3) is 0.0250. The molecule has 208 valence electrons. The van der Waals surface area contributed by atoms with Crippen molar-refractivity contribution in [3.05, 3.63) is 186 Å².